The minimum absolute atomic E-state index is 0.634. The van der Waals surface area contributed by atoms with Gasteiger partial charge in [-0.1, -0.05) is 19.1 Å². The van der Waals surface area contributed by atoms with Gasteiger partial charge in [-0.25, -0.2) is 4.98 Å². The molecular weight excluding hydrogens is 296 g/mol. The second kappa shape index (κ2) is 7.22. The Morgan fingerprint density at radius 2 is 2.14 bits per heavy atom. The predicted molar refractivity (Wildman–Crippen MR) is 91.4 cm³/mol. The third-order valence-corrected chi connectivity index (χ3v) is 4.25. The van der Waals surface area contributed by atoms with Crippen molar-refractivity contribution in [3.63, 3.8) is 0 Å². The molecule has 1 N–H and O–H groups in total. The first-order chi connectivity index (χ1) is 10.4. The Balaban J connectivity index is 2.10. The molecule has 5 heteroatoms. The minimum atomic E-state index is -0.693. The zero-order valence-corrected chi connectivity index (χ0v) is 14.5. The van der Waals surface area contributed by atoms with Crippen molar-refractivity contribution in [3.8, 4) is 16.3 Å². The molecule has 0 atom stereocenters. The van der Waals surface area contributed by atoms with Crippen LogP contribution in [0.1, 0.15) is 26.5 Å². The van der Waals surface area contributed by atoms with Crippen LogP contribution in [-0.4, -0.2) is 40.8 Å². The summed E-state index contributed by atoms with van der Waals surface area (Å²) in [6.07, 6.45) is 0. The van der Waals surface area contributed by atoms with Crippen LogP contribution < -0.4 is 4.74 Å². The van der Waals surface area contributed by atoms with Crippen molar-refractivity contribution in [2.45, 2.75) is 32.9 Å². The van der Waals surface area contributed by atoms with E-state index in [1.807, 2.05) is 38.1 Å². The highest BCUT2D eigenvalue weighted by Crippen LogP contribution is 2.27. The van der Waals surface area contributed by atoms with Crippen LogP contribution in [0.2, 0.25) is 0 Å². The topological polar surface area (TPSA) is 45.6 Å². The molecule has 4 nitrogen and oxygen atoms in total. The molecule has 0 spiro atoms. The van der Waals surface area contributed by atoms with Gasteiger partial charge in [0, 0.05) is 24.0 Å². The number of ether oxygens (including phenoxy) is 1. The lowest BCUT2D eigenvalue weighted by Gasteiger charge is -2.27. The second-order valence-corrected chi connectivity index (χ2v) is 6.85. The van der Waals surface area contributed by atoms with Crippen molar-refractivity contribution in [2.24, 2.45) is 0 Å². The molecule has 120 valence electrons. The monoisotopic (exact) mass is 320 g/mol. The fourth-order valence-electron chi connectivity index (χ4n) is 2.32. The van der Waals surface area contributed by atoms with E-state index < -0.39 is 5.60 Å². The van der Waals surface area contributed by atoms with E-state index in [1.54, 1.807) is 18.4 Å². The number of nitrogens with zero attached hydrogens (tertiary/aromatic N) is 2. The fraction of sp³-hybridized carbons (Fsp3) is 0.471. The van der Waals surface area contributed by atoms with Crippen LogP contribution >= 0.6 is 11.3 Å². The van der Waals surface area contributed by atoms with Gasteiger partial charge in [-0.3, -0.25) is 4.90 Å². The number of aromatic nitrogens is 1. The van der Waals surface area contributed by atoms with Gasteiger partial charge in [-0.15, -0.1) is 11.3 Å². The molecule has 2 aromatic rings. The van der Waals surface area contributed by atoms with Crippen LogP contribution in [0.25, 0.3) is 10.6 Å². The number of hydrogen-bond acceptors (Lipinski definition) is 5. The van der Waals surface area contributed by atoms with Gasteiger partial charge < -0.3 is 9.84 Å². The lowest BCUT2D eigenvalue weighted by atomic mass is 10.1. The highest BCUT2D eigenvalue weighted by molar-refractivity contribution is 7.13. The molecule has 0 amide bonds. The first kappa shape index (κ1) is 16.9. The van der Waals surface area contributed by atoms with Crippen molar-refractivity contribution in [1.29, 1.82) is 0 Å². The summed E-state index contributed by atoms with van der Waals surface area (Å²) < 4.78 is 5.26. The predicted octanol–water partition coefficient (Wildman–Crippen LogP) is 3.41. The van der Waals surface area contributed by atoms with Crippen LogP contribution in [0.4, 0.5) is 0 Å². The Bertz CT molecular complexity index is 605. The highest BCUT2D eigenvalue weighted by Gasteiger charge is 2.18. The number of thiazole rings is 1. The zero-order valence-electron chi connectivity index (χ0n) is 13.7. The lowest BCUT2D eigenvalue weighted by Crippen LogP contribution is -2.38. The quantitative estimate of drug-likeness (QED) is 0.849. The van der Waals surface area contributed by atoms with E-state index in [4.69, 9.17) is 9.72 Å². The summed E-state index contributed by atoms with van der Waals surface area (Å²) in [5.74, 6) is 0.839. The molecule has 0 saturated carbocycles. The van der Waals surface area contributed by atoms with Crippen LogP contribution in [0, 0.1) is 0 Å². The first-order valence-electron chi connectivity index (χ1n) is 7.45. The minimum Gasteiger partial charge on any atom is -0.497 e. The molecule has 22 heavy (non-hydrogen) atoms. The third kappa shape index (κ3) is 4.80. The molecule has 0 aliphatic heterocycles. The summed E-state index contributed by atoms with van der Waals surface area (Å²) in [5, 5.41) is 13.0. The van der Waals surface area contributed by atoms with E-state index in [0.717, 1.165) is 35.1 Å². The molecule has 0 bridgehead atoms. The number of methoxy groups -OCH3 is 1. The van der Waals surface area contributed by atoms with Crippen LogP contribution in [-0.2, 0) is 6.54 Å². The summed E-state index contributed by atoms with van der Waals surface area (Å²) >= 11 is 1.64. The van der Waals surface area contributed by atoms with Crippen LogP contribution in [0.5, 0.6) is 5.75 Å². The Morgan fingerprint density at radius 1 is 1.36 bits per heavy atom. The van der Waals surface area contributed by atoms with Gasteiger partial charge in [0.1, 0.15) is 10.8 Å². The maximum Gasteiger partial charge on any atom is 0.123 e. The maximum absolute atomic E-state index is 9.96. The molecule has 1 heterocycles. The molecule has 1 aromatic carbocycles. The smallest absolute Gasteiger partial charge is 0.123 e. The van der Waals surface area contributed by atoms with E-state index in [9.17, 15) is 5.11 Å². The Labute approximate surface area is 136 Å². The Morgan fingerprint density at radius 3 is 2.77 bits per heavy atom. The number of likely N-dealkylation sites (N-methyl/N-ethyl adjacent to an activating group) is 1. The summed E-state index contributed by atoms with van der Waals surface area (Å²) in [4.78, 5) is 6.91. The lowest BCUT2D eigenvalue weighted by molar-refractivity contribution is 0.0350. The molecule has 1 aromatic heterocycles. The largest absolute Gasteiger partial charge is 0.497 e. The summed E-state index contributed by atoms with van der Waals surface area (Å²) in [7, 11) is 1.67. The second-order valence-electron chi connectivity index (χ2n) is 5.99. The van der Waals surface area contributed by atoms with E-state index in [-0.39, 0.29) is 0 Å². The Kier molecular flexibility index (Phi) is 5.56. The van der Waals surface area contributed by atoms with Gasteiger partial charge in [0.25, 0.3) is 0 Å². The SMILES string of the molecule is CCN(Cc1csc(-c2cccc(OC)c2)n1)CC(C)(C)O. The van der Waals surface area contributed by atoms with Gasteiger partial charge >= 0.3 is 0 Å². The fourth-order valence-corrected chi connectivity index (χ4v) is 3.13. The molecule has 0 saturated heterocycles. The van der Waals surface area contributed by atoms with E-state index in [1.165, 1.54) is 0 Å². The third-order valence-electron chi connectivity index (χ3n) is 3.31. The zero-order chi connectivity index (χ0) is 16.2. The molecule has 2 rings (SSSR count). The highest BCUT2D eigenvalue weighted by atomic mass is 32.1. The van der Waals surface area contributed by atoms with Gasteiger partial charge in [0.2, 0.25) is 0 Å². The molecule has 0 unspecified atom stereocenters. The average Bonchev–Trinajstić information content (AvgIpc) is 2.93. The van der Waals surface area contributed by atoms with Crippen LogP contribution in [0.3, 0.4) is 0 Å². The molecular formula is C17H24N2O2S. The van der Waals surface area contributed by atoms with Crippen LogP contribution in [0.15, 0.2) is 29.6 Å². The molecule has 0 radical (unpaired) electrons. The number of aliphatic hydroxyl groups is 1. The van der Waals surface area contributed by atoms with Crippen molar-refractivity contribution in [1.82, 2.24) is 9.88 Å². The van der Waals surface area contributed by atoms with E-state index in [2.05, 4.69) is 17.2 Å². The van der Waals surface area contributed by atoms with E-state index in [0.29, 0.717) is 6.54 Å². The van der Waals surface area contributed by atoms with Gasteiger partial charge in [-0.05, 0) is 32.5 Å². The normalized spacial score (nSPS) is 11.9. The summed E-state index contributed by atoms with van der Waals surface area (Å²) in [5.41, 5.74) is 1.41. The summed E-state index contributed by atoms with van der Waals surface area (Å²) in [6.45, 7) is 8.03. The van der Waals surface area contributed by atoms with Gasteiger partial charge in [-0.2, -0.15) is 0 Å². The standard InChI is InChI=1S/C17H24N2O2S/c1-5-19(12-17(2,3)20)10-14-11-22-16(18-14)13-7-6-8-15(9-13)21-4/h6-9,11,20H,5,10,12H2,1-4H3. The van der Waals surface area contributed by atoms with Crippen molar-refractivity contribution in [2.75, 3.05) is 20.2 Å². The average molecular weight is 320 g/mol. The van der Waals surface area contributed by atoms with Crippen molar-refractivity contribution in [3.05, 3.63) is 35.3 Å². The first-order valence-corrected chi connectivity index (χ1v) is 8.33. The number of rotatable bonds is 7. The number of benzene rings is 1. The number of hydrogen-bond donors (Lipinski definition) is 1. The molecule has 0 fully saturated rings. The van der Waals surface area contributed by atoms with E-state index >= 15 is 0 Å². The maximum atomic E-state index is 9.96. The van der Waals surface area contributed by atoms with Crippen molar-refractivity contribution >= 4 is 11.3 Å². The molecule has 0 aliphatic rings. The van der Waals surface area contributed by atoms with Gasteiger partial charge in [0.15, 0.2) is 0 Å². The van der Waals surface area contributed by atoms with Crippen molar-refractivity contribution < 1.29 is 9.84 Å². The molecule has 0 aliphatic carbocycles. The van der Waals surface area contributed by atoms with Gasteiger partial charge in [0.05, 0.1) is 18.4 Å². The summed E-state index contributed by atoms with van der Waals surface area (Å²) in [6, 6.07) is 7.94. The Hall–Kier alpha value is -1.43.